The first-order valence-electron chi connectivity index (χ1n) is 8.63. The number of hydrogen-bond donors (Lipinski definition) is 0. The van der Waals surface area contributed by atoms with Crippen LogP contribution in [0.2, 0.25) is 0 Å². The Balaban J connectivity index is 1.77. The minimum absolute atomic E-state index is 0.250. The maximum Gasteiger partial charge on any atom is 0.163 e. The second-order valence-corrected chi connectivity index (χ2v) is 6.71. The fourth-order valence-corrected chi connectivity index (χ4v) is 4.62. The first-order chi connectivity index (χ1) is 10.8. The van der Waals surface area contributed by atoms with E-state index in [2.05, 4.69) is 56.0 Å². The third-order valence-electron chi connectivity index (χ3n) is 5.48. The van der Waals surface area contributed by atoms with Gasteiger partial charge in [0.1, 0.15) is 0 Å². The minimum atomic E-state index is 0.250. The number of rotatable bonds is 6. The highest BCUT2D eigenvalue weighted by molar-refractivity contribution is 6.01. The Morgan fingerprint density at radius 2 is 2.05 bits per heavy atom. The van der Waals surface area contributed by atoms with Crippen LogP contribution in [-0.2, 0) is 4.79 Å². The van der Waals surface area contributed by atoms with Crippen molar-refractivity contribution in [1.82, 2.24) is 0 Å². The molecule has 5 atom stereocenters. The van der Waals surface area contributed by atoms with Crippen LogP contribution in [0.25, 0.3) is 0 Å². The molecule has 1 heteroatoms. The number of Topliss-reactive ketones (excluding diaryl/α,β-unsaturated/α-hetero) is 1. The topological polar surface area (TPSA) is 17.1 Å². The summed E-state index contributed by atoms with van der Waals surface area (Å²) in [7, 11) is 0. The van der Waals surface area contributed by atoms with Gasteiger partial charge >= 0.3 is 0 Å². The summed E-state index contributed by atoms with van der Waals surface area (Å²) in [6.45, 7) is 6.05. The zero-order chi connectivity index (χ0) is 15.5. The van der Waals surface area contributed by atoms with Gasteiger partial charge in [0, 0.05) is 5.92 Å². The van der Waals surface area contributed by atoms with Gasteiger partial charge in [-0.2, -0.15) is 0 Å². The van der Waals surface area contributed by atoms with Crippen LogP contribution < -0.4 is 0 Å². The smallest absolute Gasteiger partial charge is 0.163 e. The van der Waals surface area contributed by atoms with Gasteiger partial charge in [-0.3, -0.25) is 4.79 Å². The van der Waals surface area contributed by atoms with Crippen molar-refractivity contribution in [2.75, 3.05) is 0 Å². The van der Waals surface area contributed by atoms with E-state index in [1.54, 1.807) is 0 Å². The van der Waals surface area contributed by atoms with Crippen LogP contribution in [0.5, 0.6) is 0 Å². The maximum absolute atomic E-state index is 12.8. The predicted octanol–water partition coefficient (Wildman–Crippen LogP) is 5.04. The molecule has 0 N–H and O–H groups in total. The van der Waals surface area contributed by atoms with Gasteiger partial charge in [0.25, 0.3) is 0 Å². The summed E-state index contributed by atoms with van der Waals surface area (Å²) >= 11 is 0. The zero-order valence-corrected chi connectivity index (χ0v) is 13.4. The third kappa shape index (κ3) is 2.58. The number of fused-ring (bicyclic) bond motifs is 5. The van der Waals surface area contributed by atoms with Crippen LogP contribution >= 0.6 is 0 Å². The molecule has 5 unspecified atom stereocenters. The summed E-state index contributed by atoms with van der Waals surface area (Å²) in [6, 6.07) is 0. The zero-order valence-electron chi connectivity index (χ0n) is 13.4. The SMILES string of the molecule is C=CCC1/C(=C\C=C\C/C=C\CC)C(=O)C2C3C=CC(C3)C12. The van der Waals surface area contributed by atoms with E-state index in [9.17, 15) is 4.79 Å². The molecule has 0 amide bonds. The summed E-state index contributed by atoms with van der Waals surface area (Å²) in [5, 5.41) is 0. The van der Waals surface area contributed by atoms with Crippen molar-refractivity contribution in [2.45, 2.75) is 32.6 Å². The fraction of sp³-hybridized carbons (Fsp3) is 0.476. The summed E-state index contributed by atoms with van der Waals surface area (Å²) < 4.78 is 0. The standard InChI is InChI=1S/C21H26O/c1-3-5-6-7-8-9-11-18-17(10-4-2)19-15-12-13-16(14-15)20(19)21(18)22/h4-6,8-9,11-13,15-17,19-20H,2-3,7,10,14H2,1H3/b6-5-,9-8+,18-11+. The second-order valence-electron chi connectivity index (χ2n) is 6.71. The molecule has 116 valence electrons. The van der Waals surface area contributed by atoms with Gasteiger partial charge < -0.3 is 0 Å². The number of ketones is 1. The van der Waals surface area contributed by atoms with Crippen molar-refractivity contribution < 1.29 is 4.79 Å². The van der Waals surface area contributed by atoms with Crippen LogP contribution in [-0.4, -0.2) is 5.78 Å². The highest BCUT2D eigenvalue weighted by Crippen LogP contribution is 2.58. The van der Waals surface area contributed by atoms with E-state index in [1.807, 2.05) is 6.08 Å². The molecule has 3 aliphatic rings. The van der Waals surface area contributed by atoms with Gasteiger partial charge in [0.05, 0.1) is 0 Å². The average Bonchev–Trinajstić information content (AvgIpc) is 3.19. The second kappa shape index (κ2) is 6.64. The van der Waals surface area contributed by atoms with Crippen LogP contribution in [0.1, 0.15) is 32.6 Å². The van der Waals surface area contributed by atoms with Gasteiger partial charge in [-0.25, -0.2) is 0 Å². The van der Waals surface area contributed by atoms with Crippen LogP contribution in [0.15, 0.2) is 60.8 Å². The summed E-state index contributed by atoms with van der Waals surface area (Å²) in [6.07, 6.45) is 21.4. The Bertz CT molecular complexity index is 560. The average molecular weight is 294 g/mol. The van der Waals surface area contributed by atoms with Crippen LogP contribution in [0.3, 0.4) is 0 Å². The van der Waals surface area contributed by atoms with Crippen molar-refractivity contribution in [3.63, 3.8) is 0 Å². The summed E-state index contributed by atoms with van der Waals surface area (Å²) in [5.74, 6) is 2.68. The fourth-order valence-electron chi connectivity index (χ4n) is 4.62. The lowest BCUT2D eigenvalue weighted by Crippen LogP contribution is -2.21. The highest BCUT2D eigenvalue weighted by atomic mass is 16.1. The van der Waals surface area contributed by atoms with Crippen molar-refractivity contribution in [3.8, 4) is 0 Å². The number of allylic oxidation sites excluding steroid dienone is 9. The van der Waals surface area contributed by atoms with E-state index >= 15 is 0 Å². The molecule has 1 nitrogen and oxygen atoms in total. The number of carbonyl (C=O) groups excluding carboxylic acids is 1. The third-order valence-corrected chi connectivity index (χ3v) is 5.48. The highest BCUT2D eigenvalue weighted by Gasteiger charge is 2.56. The van der Waals surface area contributed by atoms with Crippen LogP contribution in [0, 0.1) is 29.6 Å². The lowest BCUT2D eigenvalue weighted by molar-refractivity contribution is -0.119. The quantitative estimate of drug-likeness (QED) is 0.495. The first kappa shape index (κ1) is 15.3. The van der Waals surface area contributed by atoms with Crippen LogP contribution in [0.4, 0.5) is 0 Å². The molecule has 0 aromatic carbocycles. The molecule has 0 aromatic rings. The Morgan fingerprint density at radius 1 is 1.23 bits per heavy atom. The first-order valence-corrected chi connectivity index (χ1v) is 8.63. The maximum atomic E-state index is 12.8. The molecule has 22 heavy (non-hydrogen) atoms. The normalized spacial score (nSPS) is 38.0. The number of carbonyl (C=O) groups is 1. The van der Waals surface area contributed by atoms with Gasteiger partial charge in [-0.15, -0.1) is 6.58 Å². The molecule has 0 heterocycles. The van der Waals surface area contributed by atoms with E-state index in [4.69, 9.17) is 0 Å². The van der Waals surface area contributed by atoms with Crippen molar-refractivity contribution in [1.29, 1.82) is 0 Å². The Morgan fingerprint density at radius 3 is 2.82 bits per heavy atom. The van der Waals surface area contributed by atoms with Crippen molar-refractivity contribution >= 4 is 5.78 Å². The lowest BCUT2D eigenvalue weighted by atomic mass is 9.79. The largest absolute Gasteiger partial charge is 0.294 e. The summed E-state index contributed by atoms with van der Waals surface area (Å²) in [4.78, 5) is 12.8. The summed E-state index contributed by atoms with van der Waals surface area (Å²) in [5.41, 5.74) is 1.05. The van der Waals surface area contributed by atoms with Crippen molar-refractivity contribution in [2.24, 2.45) is 29.6 Å². The van der Waals surface area contributed by atoms with Gasteiger partial charge in [0.2, 0.25) is 0 Å². The molecular weight excluding hydrogens is 268 g/mol. The Labute approximate surface area is 134 Å². The van der Waals surface area contributed by atoms with E-state index in [0.29, 0.717) is 29.5 Å². The molecule has 0 aliphatic heterocycles. The van der Waals surface area contributed by atoms with Gasteiger partial charge in [-0.05, 0) is 54.9 Å². The molecule has 0 spiro atoms. The molecule has 0 radical (unpaired) electrons. The Kier molecular flexibility index (Phi) is 4.61. The molecular formula is C21H26O. The number of hydrogen-bond acceptors (Lipinski definition) is 1. The molecule has 3 aliphatic carbocycles. The molecule has 0 saturated heterocycles. The van der Waals surface area contributed by atoms with Crippen molar-refractivity contribution in [3.05, 3.63) is 60.8 Å². The molecule has 2 saturated carbocycles. The lowest BCUT2D eigenvalue weighted by Gasteiger charge is -2.23. The monoisotopic (exact) mass is 294 g/mol. The Hall–Kier alpha value is -1.63. The molecule has 0 aromatic heterocycles. The van der Waals surface area contributed by atoms with E-state index in [0.717, 1.165) is 24.8 Å². The molecule has 3 rings (SSSR count). The van der Waals surface area contributed by atoms with Gasteiger partial charge in [0.15, 0.2) is 5.78 Å². The molecule has 2 bridgehead atoms. The predicted molar refractivity (Wildman–Crippen MR) is 92.3 cm³/mol. The van der Waals surface area contributed by atoms with E-state index < -0.39 is 0 Å². The van der Waals surface area contributed by atoms with E-state index in [1.165, 1.54) is 6.42 Å². The van der Waals surface area contributed by atoms with Gasteiger partial charge in [-0.1, -0.05) is 55.5 Å². The molecule has 2 fully saturated rings. The minimum Gasteiger partial charge on any atom is -0.294 e. The van der Waals surface area contributed by atoms with E-state index in [-0.39, 0.29) is 5.92 Å².